The summed E-state index contributed by atoms with van der Waals surface area (Å²) < 4.78 is 5.30. The summed E-state index contributed by atoms with van der Waals surface area (Å²) in [4.78, 5) is 23.6. The van der Waals surface area contributed by atoms with Crippen LogP contribution in [0.5, 0.6) is 5.75 Å². The van der Waals surface area contributed by atoms with E-state index >= 15 is 0 Å². The van der Waals surface area contributed by atoms with E-state index in [1.165, 1.54) is 0 Å². The molecule has 0 heterocycles. The van der Waals surface area contributed by atoms with Crippen LogP contribution in [0.4, 0.5) is 0 Å². The minimum Gasteiger partial charge on any atom is -0.427 e. The Hall–Kier alpha value is -1.90. The van der Waals surface area contributed by atoms with E-state index < -0.39 is 0 Å². The van der Waals surface area contributed by atoms with Crippen LogP contribution in [-0.4, -0.2) is 11.8 Å². The van der Waals surface area contributed by atoms with Crippen LogP contribution in [0.15, 0.2) is 35.9 Å². The maximum absolute atomic E-state index is 12.1. The predicted octanol–water partition coefficient (Wildman–Crippen LogP) is 4.57. The van der Waals surface area contributed by atoms with Crippen molar-refractivity contribution < 1.29 is 14.3 Å². The summed E-state index contributed by atoms with van der Waals surface area (Å²) in [7, 11) is 0. The van der Waals surface area contributed by atoms with Gasteiger partial charge in [0.05, 0.1) is 0 Å². The molecule has 22 heavy (non-hydrogen) atoms. The quantitative estimate of drug-likeness (QED) is 0.547. The van der Waals surface area contributed by atoms with Crippen LogP contribution < -0.4 is 4.74 Å². The lowest BCUT2D eigenvalue weighted by Gasteiger charge is -2.19. The minimum atomic E-state index is -0.238. The number of carbonyl (C=O) groups is 2. The molecule has 0 N–H and O–H groups in total. The van der Waals surface area contributed by atoms with Crippen LogP contribution in [0, 0.1) is 0 Å². The van der Waals surface area contributed by atoms with Crippen molar-refractivity contribution in [3.05, 3.63) is 41.5 Å². The van der Waals surface area contributed by atoms with Gasteiger partial charge in [0, 0.05) is 18.8 Å². The second kappa shape index (κ2) is 7.92. The van der Waals surface area contributed by atoms with E-state index in [0.717, 1.165) is 36.8 Å². The molecule has 2 rings (SSSR count). The molecule has 1 unspecified atom stereocenters. The largest absolute Gasteiger partial charge is 0.427 e. The number of hydrogen-bond donors (Lipinski definition) is 0. The highest BCUT2D eigenvalue weighted by Crippen LogP contribution is 2.35. The highest BCUT2D eigenvalue weighted by molar-refractivity contribution is 5.99. The van der Waals surface area contributed by atoms with Gasteiger partial charge in [0.25, 0.3) is 0 Å². The number of unbranched alkanes of at least 4 members (excludes halogenated alkanes) is 1. The summed E-state index contributed by atoms with van der Waals surface area (Å²) in [5.74, 6) is 0.711. The molecular weight excluding hydrogens is 276 g/mol. The number of ketones is 1. The van der Waals surface area contributed by atoms with Crippen molar-refractivity contribution in [3.63, 3.8) is 0 Å². The smallest absolute Gasteiger partial charge is 0.310 e. The van der Waals surface area contributed by atoms with Crippen molar-refractivity contribution in [3.8, 4) is 5.75 Å². The Bertz CT molecular complexity index is 572. The normalized spacial score (nSPS) is 15.5. The lowest BCUT2D eigenvalue weighted by molar-refractivity contribution is -0.134. The molecule has 0 saturated carbocycles. The number of rotatable bonds is 7. The molecule has 0 bridgehead atoms. The van der Waals surface area contributed by atoms with E-state index in [4.69, 9.17) is 4.74 Å². The van der Waals surface area contributed by atoms with Gasteiger partial charge in [-0.2, -0.15) is 0 Å². The molecule has 3 nitrogen and oxygen atoms in total. The molecule has 3 heteroatoms. The number of benzene rings is 1. The Labute approximate surface area is 132 Å². The Morgan fingerprint density at radius 2 is 2.14 bits per heavy atom. The highest BCUT2D eigenvalue weighted by Gasteiger charge is 2.25. The molecule has 0 saturated heterocycles. The molecule has 0 aromatic heterocycles. The number of ether oxygens (including phenoxy) is 1. The van der Waals surface area contributed by atoms with Gasteiger partial charge in [0.15, 0.2) is 5.78 Å². The average molecular weight is 300 g/mol. The summed E-state index contributed by atoms with van der Waals surface area (Å²) in [6.45, 7) is 3.93. The van der Waals surface area contributed by atoms with E-state index in [-0.39, 0.29) is 17.7 Å². The first-order valence-corrected chi connectivity index (χ1v) is 8.19. The van der Waals surface area contributed by atoms with Gasteiger partial charge in [0.2, 0.25) is 0 Å². The van der Waals surface area contributed by atoms with E-state index in [1.807, 2.05) is 18.2 Å². The van der Waals surface area contributed by atoms with E-state index in [1.54, 1.807) is 13.0 Å². The Balaban J connectivity index is 2.25. The average Bonchev–Trinajstić information content (AvgIpc) is 2.94. The van der Waals surface area contributed by atoms with Gasteiger partial charge in [-0.15, -0.1) is 0 Å². The second-order valence-corrected chi connectivity index (χ2v) is 5.72. The van der Waals surface area contributed by atoms with E-state index in [9.17, 15) is 9.59 Å². The van der Waals surface area contributed by atoms with E-state index in [0.29, 0.717) is 18.6 Å². The molecule has 0 aliphatic heterocycles. The fourth-order valence-electron chi connectivity index (χ4n) is 2.86. The summed E-state index contributed by atoms with van der Waals surface area (Å²) in [6.07, 6.45) is 7.04. The molecule has 1 aliphatic carbocycles. The molecule has 1 aliphatic rings. The van der Waals surface area contributed by atoms with Crippen LogP contribution >= 0.6 is 0 Å². The predicted molar refractivity (Wildman–Crippen MR) is 87.0 cm³/mol. The van der Waals surface area contributed by atoms with Crippen molar-refractivity contribution in [2.24, 2.45) is 0 Å². The summed E-state index contributed by atoms with van der Waals surface area (Å²) >= 11 is 0. The summed E-state index contributed by atoms with van der Waals surface area (Å²) in [5, 5.41) is 0. The first-order chi connectivity index (χ1) is 10.7. The molecular formula is C19H24O3. The zero-order valence-corrected chi connectivity index (χ0v) is 13.4. The standard InChI is InChI=1S/C19H24O3/c1-3-5-10-16(17-11-7-12-18(17)20)14-8-6-9-15(13-14)22-19(21)4-2/h6,8-9,11,13,16H,3-5,7,10,12H2,1-2H3. The van der Waals surface area contributed by atoms with Crippen LogP contribution in [0.25, 0.3) is 0 Å². The molecule has 0 spiro atoms. The van der Waals surface area contributed by atoms with Crippen molar-refractivity contribution in [1.82, 2.24) is 0 Å². The topological polar surface area (TPSA) is 43.4 Å². The minimum absolute atomic E-state index is 0.121. The zero-order chi connectivity index (χ0) is 15.9. The third-order valence-corrected chi connectivity index (χ3v) is 4.06. The third kappa shape index (κ3) is 4.06. The number of esters is 1. The SMILES string of the molecule is CCCCC(C1=CCCC1=O)c1cccc(OC(=O)CC)c1. The third-order valence-electron chi connectivity index (χ3n) is 4.06. The van der Waals surface area contributed by atoms with Crippen molar-refractivity contribution >= 4 is 11.8 Å². The van der Waals surface area contributed by atoms with Crippen molar-refractivity contribution in [2.75, 3.05) is 0 Å². The molecule has 118 valence electrons. The molecule has 1 atom stereocenters. The highest BCUT2D eigenvalue weighted by atomic mass is 16.5. The fraction of sp³-hybridized carbons (Fsp3) is 0.474. The number of Topliss-reactive ketones (excluding diaryl/α,β-unsaturated/α-hetero) is 1. The molecule has 0 amide bonds. The maximum Gasteiger partial charge on any atom is 0.310 e. The van der Waals surface area contributed by atoms with Gasteiger partial charge >= 0.3 is 5.97 Å². The zero-order valence-electron chi connectivity index (χ0n) is 13.4. The summed E-state index contributed by atoms with van der Waals surface area (Å²) in [5.41, 5.74) is 2.00. The molecule has 1 aromatic carbocycles. The molecule has 0 fully saturated rings. The number of allylic oxidation sites excluding steroid dienone is 2. The van der Waals surface area contributed by atoms with Gasteiger partial charge < -0.3 is 4.74 Å². The molecule has 1 aromatic rings. The van der Waals surface area contributed by atoms with Crippen molar-refractivity contribution in [2.45, 2.75) is 58.3 Å². The lowest BCUT2D eigenvalue weighted by Crippen LogP contribution is -2.10. The van der Waals surface area contributed by atoms with Gasteiger partial charge in [-0.3, -0.25) is 9.59 Å². The van der Waals surface area contributed by atoms with Crippen molar-refractivity contribution in [1.29, 1.82) is 0 Å². The van der Waals surface area contributed by atoms with Crippen LogP contribution in [-0.2, 0) is 9.59 Å². The molecule has 0 radical (unpaired) electrons. The second-order valence-electron chi connectivity index (χ2n) is 5.72. The Kier molecular flexibility index (Phi) is 5.93. The van der Waals surface area contributed by atoms with Gasteiger partial charge in [0.1, 0.15) is 5.75 Å². The van der Waals surface area contributed by atoms with Gasteiger partial charge in [-0.05, 0) is 36.1 Å². The van der Waals surface area contributed by atoms with Crippen LogP contribution in [0.1, 0.15) is 63.9 Å². The van der Waals surface area contributed by atoms with Gasteiger partial charge in [-0.25, -0.2) is 0 Å². The number of carbonyl (C=O) groups excluding carboxylic acids is 2. The van der Waals surface area contributed by atoms with E-state index in [2.05, 4.69) is 13.0 Å². The van der Waals surface area contributed by atoms with Gasteiger partial charge in [-0.1, -0.05) is 44.9 Å². The maximum atomic E-state index is 12.1. The first-order valence-electron chi connectivity index (χ1n) is 8.19. The number of hydrogen-bond acceptors (Lipinski definition) is 3. The Morgan fingerprint density at radius 3 is 2.77 bits per heavy atom. The monoisotopic (exact) mass is 300 g/mol. The first kappa shape index (κ1) is 16.5. The van der Waals surface area contributed by atoms with Crippen LogP contribution in [0.2, 0.25) is 0 Å². The lowest BCUT2D eigenvalue weighted by atomic mass is 9.86. The van der Waals surface area contributed by atoms with Crippen LogP contribution in [0.3, 0.4) is 0 Å². The fourth-order valence-corrected chi connectivity index (χ4v) is 2.86. The summed E-state index contributed by atoms with van der Waals surface area (Å²) in [6, 6.07) is 7.61. The Morgan fingerprint density at radius 1 is 1.32 bits per heavy atom.